The lowest BCUT2D eigenvalue weighted by molar-refractivity contribution is 0.00396. The van der Waals surface area contributed by atoms with Gasteiger partial charge in [-0.1, -0.05) is 0 Å². The molecule has 3 aromatic heterocycles. The zero-order chi connectivity index (χ0) is 21.8. The fraction of sp³-hybridized carbons (Fsp3) is 0.391. The first-order valence-corrected chi connectivity index (χ1v) is 11.6. The number of ether oxygens (including phenoxy) is 1. The second-order valence-electron chi connectivity index (χ2n) is 8.51. The minimum atomic E-state index is -0.639. The minimum Gasteiger partial charge on any atom is -0.373 e. The number of rotatable bonds is 4. The third kappa shape index (κ3) is 3.59. The molecule has 6 rings (SSSR count). The fourth-order valence-electron chi connectivity index (χ4n) is 4.31. The standard InChI is InChI=1S/C23H21F2N5OS/c1-12-27-23-21(32-12)20(17-5-2-15(24)9-18(17)25)28-22(29-23)13-6-7-31-19(8-13)14-10-26-30(11-14)16-3-4-16/h2,5,9-11,13,16,19H,3-4,6-8H2,1H3/t13-,19+/m0/s1. The quantitative estimate of drug-likeness (QED) is 0.408. The molecule has 9 heteroatoms. The van der Waals surface area contributed by atoms with E-state index in [2.05, 4.69) is 16.3 Å². The maximum atomic E-state index is 14.7. The van der Waals surface area contributed by atoms with Crippen LogP contribution >= 0.6 is 11.3 Å². The maximum absolute atomic E-state index is 14.7. The normalized spacial score (nSPS) is 21.3. The Morgan fingerprint density at radius 1 is 1.12 bits per heavy atom. The van der Waals surface area contributed by atoms with Crippen molar-refractivity contribution in [1.29, 1.82) is 0 Å². The Labute approximate surface area is 187 Å². The Morgan fingerprint density at radius 3 is 2.81 bits per heavy atom. The van der Waals surface area contributed by atoms with E-state index in [9.17, 15) is 8.78 Å². The number of thiazole rings is 1. The molecule has 2 aliphatic rings. The molecule has 4 aromatic rings. The summed E-state index contributed by atoms with van der Waals surface area (Å²) >= 11 is 1.42. The van der Waals surface area contributed by atoms with Crippen LogP contribution in [0.25, 0.3) is 21.6 Å². The lowest BCUT2D eigenvalue weighted by Crippen LogP contribution is -2.20. The molecule has 1 saturated heterocycles. The number of halogens is 2. The van der Waals surface area contributed by atoms with E-state index in [-0.39, 0.29) is 17.6 Å². The van der Waals surface area contributed by atoms with Crippen molar-refractivity contribution < 1.29 is 13.5 Å². The molecule has 0 bridgehead atoms. The second kappa shape index (κ2) is 7.67. The number of aryl methyl sites for hydroxylation is 1. The lowest BCUT2D eigenvalue weighted by Gasteiger charge is -2.28. The highest BCUT2D eigenvalue weighted by molar-refractivity contribution is 7.19. The van der Waals surface area contributed by atoms with Crippen molar-refractivity contribution in [3.8, 4) is 11.3 Å². The molecule has 1 aliphatic heterocycles. The van der Waals surface area contributed by atoms with E-state index in [1.807, 2.05) is 17.8 Å². The molecule has 4 heterocycles. The molecule has 1 aliphatic carbocycles. The minimum absolute atomic E-state index is 0.0479. The van der Waals surface area contributed by atoms with E-state index in [1.54, 1.807) is 0 Å². The third-order valence-electron chi connectivity index (χ3n) is 6.13. The number of benzene rings is 1. The van der Waals surface area contributed by atoms with E-state index in [4.69, 9.17) is 14.7 Å². The van der Waals surface area contributed by atoms with Gasteiger partial charge in [0, 0.05) is 35.9 Å². The topological polar surface area (TPSA) is 65.7 Å². The predicted molar refractivity (Wildman–Crippen MR) is 116 cm³/mol. The molecule has 32 heavy (non-hydrogen) atoms. The summed E-state index contributed by atoms with van der Waals surface area (Å²) in [6.45, 7) is 2.47. The van der Waals surface area contributed by atoms with Gasteiger partial charge in [-0.3, -0.25) is 4.68 Å². The van der Waals surface area contributed by atoms with Gasteiger partial charge in [-0.2, -0.15) is 5.10 Å². The van der Waals surface area contributed by atoms with E-state index in [1.165, 1.54) is 36.3 Å². The molecule has 2 fully saturated rings. The summed E-state index contributed by atoms with van der Waals surface area (Å²) in [4.78, 5) is 14.1. The molecule has 2 atom stereocenters. The highest BCUT2D eigenvalue weighted by Crippen LogP contribution is 2.40. The number of hydrogen-bond acceptors (Lipinski definition) is 6. The number of aromatic nitrogens is 5. The Balaban J connectivity index is 1.37. The van der Waals surface area contributed by atoms with Crippen LogP contribution < -0.4 is 0 Å². The summed E-state index contributed by atoms with van der Waals surface area (Å²) < 4.78 is 36.9. The average Bonchev–Trinajstić information content (AvgIpc) is 3.38. The number of hydrogen-bond donors (Lipinski definition) is 0. The first-order chi connectivity index (χ1) is 15.5. The summed E-state index contributed by atoms with van der Waals surface area (Å²) in [5.74, 6) is -0.577. The van der Waals surface area contributed by atoms with Crippen LogP contribution in [0.4, 0.5) is 8.78 Å². The Hall–Kier alpha value is -2.78. The smallest absolute Gasteiger partial charge is 0.174 e. The molecule has 0 unspecified atom stereocenters. The van der Waals surface area contributed by atoms with Gasteiger partial charge < -0.3 is 4.74 Å². The van der Waals surface area contributed by atoms with Crippen molar-refractivity contribution in [3.63, 3.8) is 0 Å². The largest absolute Gasteiger partial charge is 0.373 e. The van der Waals surface area contributed by atoms with Gasteiger partial charge >= 0.3 is 0 Å². The Morgan fingerprint density at radius 2 is 2.00 bits per heavy atom. The fourth-order valence-corrected chi connectivity index (χ4v) is 5.18. The van der Waals surface area contributed by atoms with Crippen LogP contribution in [-0.2, 0) is 4.74 Å². The van der Waals surface area contributed by atoms with E-state index in [0.717, 1.165) is 29.5 Å². The van der Waals surface area contributed by atoms with Crippen LogP contribution in [0.1, 0.15) is 60.1 Å². The highest BCUT2D eigenvalue weighted by Gasteiger charge is 2.31. The average molecular weight is 454 g/mol. The first kappa shape index (κ1) is 19.9. The molecular formula is C23H21F2N5OS. The van der Waals surface area contributed by atoms with Crippen molar-refractivity contribution in [1.82, 2.24) is 24.7 Å². The van der Waals surface area contributed by atoms with E-state index in [0.29, 0.717) is 34.5 Å². The molecule has 0 spiro atoms. The van der Waals surface area contributed by atoms with Gasteiger partial charge in [0.05, 0.1) is 29.0 Å². The van der Waals surface area contributed by atoms with Gasteiger partial charge in [-0.05, 0) is 44.7 Å². The van der Waals surface area contributed by atoms with Crippen molar-refractivity contribution in [2.75, 3.05) is 6.61 Å². The van der Waals surface area contributed by atoms with Crippen LogP contribution in [0.2, 0.25) is 0 Å². The summed E-state index contributed by atoms with van der Waals surface area (Å²) in [6, 6.07) is 4.10. The molecule has 0 N–H and O–H groups in total. The highest BCUT2D eigenvalue weighted by atomic mass is 32.1. The summed E-state index contributed by atoms with van der Waals surface area (Å²) in [7, 11) is 0. The zero-order valence-corrected chi connectivity index (χ0v) is 18.3. The van der Waals surface area contributed by atoms with Gasteiger partial charge in [0.15, 0.2) is 5.65 Å². The van der Waals surface area contributed by atoms with E-state index >= 15 is 0 Å². The molecular weight excluding hydrogens is 432 g/mol. The Kier molecular flexibility index (Phi) is 4.76. The van der Waals surface area contributed by atoms with Gasteiger partial charge in [-0.25, -0.2) is 23.7 Å². The van der Waals surface area contributed by atoms with Crippen molar-refractivity contribution >= 4 is 21.7 Å². The number of nitrogens with zero attached hydrogens (tertiary/aromatic N) is 5. The van der Waals surface area contributed by atoms with Crippen LogP contribution in [0.5, 0.6) is 0 Å². The molecule has 1 saturated carbocycles. The van der Waals surface area contributed by atoms with Crippen LogP contribution in [0.3, 0.4) is 0 Å². The molecule has 1 aromatic carbocycles. The van der Waals surface area contributed by atoms with Crippen molar-refractivity contribution in [2.45, 2.75) is 50.7 Å². The van der Waals surface area contributed by atoms with Gasteiger partial charge in [0.2, 0.25) is 0 Å². The third-order valence-corrected chi connectivity index (χ3v) is 7.09. The molecule has 6 nitrogen and oxygen atoms in total. The van der Waals surface area contributed by atoms with Gasteiger partial charge in [-0.15, -0.1) is 11.3 Å². The number of fused-ring (bicyclic) bond motifs is 1. The molecule has 0 amide bonds. The first-order valence-electron chi connectivity index (χ1n) is 10.8. The van der Waals surface area contributed by atoms with Crippen LogP contribution in [0, 0.1) is 18.6 Å². The summed E-state index contributed by atoms with van der Waals surface area (Å²) in [5.41, 5.74) is 2.36. The predicted octanol–water partition coefficient (Wildman–Crippen LogP) is 5.51. The van der Waals surface area contributed by atoms with Crippen molar-refractivity contribution in [2.24, 2.45) is 0 Å². The maximum Gasteiger partial charge on any atom is 0.174 e. The van der Waals surface area contributed by atoms with Gasteiger partial charge in [0.1, 0.15) is 22.2 Å². The van der Waals surface area contributed by atoms with E-state index < -0.39 is 11.6 Å². The van der Waals surface area contributed by atoms with Crippen LogP contribution in [-0.4, -0.2) is 31.3 Å². The Bertz CT molecular complexity index is 1320. The monoisotopic (exact) mass is 453 g/mol. The van der Waals surface area contributed by atoms with Gasteiger partial charge in [0.25, 0.3) is 0 Å². The lowest BCUT2D eigenvalue weighted by atomic mass is 9.92. The molecule has 164 valence electrons. The summed E-state index contributed by atoms with van der Waals surface area (Å²) in [6.07, 6.45) is 7.74. The SMILES string of the molecule is Cc1nc2nc([C@H]3CCO[C@@H](c4cnn(C5CC5)c4)C3)nc(-c3ccc(F)cc3F)c2s1. The van der Waals surface area contributed by atoms with Crippen LogP contribution in [0.15, 0.2) is 30.6 Å². The second-order valence-corrected chi connectivity index (χ2v) is 9.71. The molecule has 0 radical (unpaired) electrons. The summed E-state index contributed by atoms with van der Waals surface area (Å²) in [5, 5.41) is 5.32. The van der Waals surface area contributed by atoms with Crippen molar-refractivity contribution in [3.05, 3.63) is 58.6 Å². The zero-order valence-electron chi connectivity index (χ0n) is 17.5.